The first-order chi connectivity index (χ1) is 24.0. The van der Waals surface area contributed by atoms with Crippen LogP contribution < -0.4 is 0 Å². The van der Waals surface area contributed by atoms with Crippen molar-refractivity contribution in [3.8, 4) is 0 Å². The smallest absolute Gasteiger partial charge is 0.313 e. The molecule has 0 bridgehead atoms. The predicted octanol–water partition coefficient (Wildman–Crippen LogP) is 10.6. The molecular formula is C45H66O6. The van der Waals surface area contributed by atoms with Crippen molar-refractivity contribution in [1.82, 2.24) is 0 Å². The summed E-state index contributed by atoms with van der Waals surface area (Å²) in [5, 5.41) is 0. The molecule has 1 aromatic carbocycles. The van der Waals surface area contributed by atoms with E-state index in [0.717, 1.165) is 69.8 Å². The molecule has 4 saturated carbocycles. The first-order valence-corrected chi connectivity index (χ1v) is 20.3. The monoisotopic (exact) mass is 702 g/mol. The summed E-state index contributed by atoms with van der Waals surface area (Å²) in [6.45, 7) is 21.1. The fourth-order valence-corrected chi connectivity index (χ4v) is 12.7. The SMILES string of the molecule is CCCC(=O)O[C@@H]1C[C@]2(C)[C@H]3CC=C4[C@@H]5CC(C)(C)CC[C@]5(C(=O)OCc5ccccc5)CC[C@@]4(C)[C@]3(C)CC[C@H]2C(C)(C)[C@H]1OC(=O)CCC. The molecule has 0 heterocycles. The minimum Gasteiger partial charge on any atom is -0.460 e. The van der Waals surface area contributed by atoms with Crippen molar-refractivity contribution >= 4 is 17.9 Å². The maximum atomic E-state index is 14.4. The molecule has 282 valence electrons. The summed E-state index contributed by atoms with van der Waals surface area (Å²) < 4.78 is 18.8. The molecule has 0 saturated heterocycles. The first-order valence-electron chi connectivity index (χ1n) is 20.3. The van der Waals surface area contributed by atoms with Gasteiger partial charge in [0.25, 0.3) is 0 Å². The third-order valence-corrected chi connectivity index (χ3v) is 15.6. The van der Waals surface area contributed by atoms with E-state index in [1.54, 1.807) is 0 Å². The Bertz CT molecular complexity index is 1510. The Kier molecular flexibility index (Phi) is 10.2. The predicted molar refractivity (Wildman–Crippen MR) is 200 cm³/mol. The number of hydrogen-bond acceptors (Lipinski definition) is 6. The van der Waals surface area contributed by atoms with Crippen molar-refractivity contribution in [1.29, 1.82) is 0 Å². The summed E-state index contributed by atoms with van der Waals surface area (Å²) in [6.07, 6.45) is 12.3. The summed E-state index contributed by atoms with van der Waals surface area (Å²) >= 11 is 0. The summed E-state index contributed by atoms with van der Waals surface area (Å²) in [6, 6.07) is 10.1. The van der Waals surface area contributed by atoms with Crippen molar-refractivity contribution in [2.75, 3.05) is 0 Å². The molecule has 6 nitrogen and oxygen atoms in total. The Balaban J connectivity index is 1.36. The maximum Gasteiger partial charge on any atom is 0.313 e. The number of esters is 3. The maximum absolute atomic E-state index is 14.4. The van der Waals surface area contributed by atoms with Crippen molar-refractivity contribution in [3.63, 3.8) is 0 Å². The van der Waals surface area contributed by atoms with Gasteiger partial charge in [0, 0.05) is 18.3 Å². The van der Waals surface area contributed by atoms with Gasteiger partial charge in [-0.25, -0.2) is 0 Å². The summed E-state index contributed by atoms with van der Waals surface area (Å²) in [5.41, 5.74) is 1.66. The van der Waals surface area contributed by atoms with E-state index in [1.807, 2.05) is 44.2 Å². The molecule has 0 amide bonds. The standard InChI is InChI=1S/C45H66O6/c1-10-15-36(46)50-33-28-42(7)34(41(5,6)38(33)51-37(47)16-11-2)21-22-44(9)35(42)20-19-31-32-27-40(3,4)23-25-45(32,26-24-43(31,44)8)39(48)49-29-30-17-13-12-14-18-30/h12-14,17-19,32-35,38H,10-11,15-16,20-29H2,1-9H3/t32-,33+,34-,35+,38-,42-,43+,44+,45-/m0/s1. The highest BCUT2D eigenvalue weighted by atomic mass is 16.6. The van der Waals surface area contributed by atoms with Crippen LogP contribution in [0.2, 0.25) is 0 Å². The van der Waals surface area contributed by atoms with Gasteiger partial charge in [0.05, 0.1) is 5.41 Å². The third kappa shape index (κ3) is 6.30. The van der Waals surface area contributed by atoms with Crippen LogP contribution in [0.1, 0.15) is 151 Å². The molecule has 1 aromatic rings. The minimum atomic E-state index is -0.485. The lowest BCUT2D eigenvalue weighted by atomic mass is 9.33. The second-order valence-corrected chi connectivity index (χ2v) is 19.4. The van der Waals surface area contributed by atoms with Gasteiger partial charge in [-0.15, -0.1) is 0 Å². The van der Waals surface area contributed by atoms with E-state index in [-0.39, 0.29) is 50.9 Å². The number of ether oxygens (including phenoxy) is 3. The zero-order valence-electron chi connectivity index (χ0n) is 33.2. The van der Waals surface area contributed by atoms with Crippen molar-refractivity contribution < 1.29 is 28.6 Å². The lowest BCUT2D eigenvalue weighted by Crippen LogP contribution is -2.67. The van der Waals surface area contributed by atoms with E-state index >= 15 is 0 Å². The van der Waals surface area contributed by atoms with Gasteiger partial charge in [-0.3, -0.25) is 14.4 Å². The molecule has 0 spiro atoms. The van der Waals surface area contributed by atoms with Crippen molar-refractivity contribution in [2.45, 2.75) is 165 Å². The average Bonchev–Trinajstić information content (AvgIpc) is 3.06. The van der Waals surface area contributed by atoms with E-state index in [4.69, 9.17) is 14.2 Å². The normalized spacial score (nSPS) is 39.2. The average molecular weight is 703 g/mol. The van der Waals surface area contributed by atoms with Crippen LogP contribution in [0, 0.1) is 50.2 Å². The Morgan fingerprint density at radius 1 is 0.765 bits per heavy atom. The van der Waals surface area contributed by atoms with Crippen LogP contribution in [-0.2, 0) is 35.2 Å². The fraction of sp³-hybridized carbons (Fsp3) is 0.756. The van der Waals surface area contributed by atoms with E-state index in [0.29, 0.717) is 37.7 Å². The molecule has 6 rings (SSSR count). The molecule has 6 heteroatoms. The minimum absolute atomic E-state index is 0.00378. The number of hydrogen-bond donors (Lipinski definition) is 0. The first kappa shape index (κ1) is 38.1. The van der Waals surface area contributed by atoms with Gasteiger partial charge in [0.1, 0.15) is 18.8 Å². The largest absolute Gasteiger partial charge is 0.460 e. The second-order valence-electron chi connectivity index (χ2n) is 19.4. The number of fused-ring (bicyclic) bond motifs is 7. The summed E-state index contributed by atoms with van der Waals surface area (Å²) in [7, 11) is 0. The molecule has 0 aromatic heterocycles. The number of allylic oxidation sites excluding steroid dienone is 2. The molecule has 0 unspecified atom stereocenters. The van der Waals surface area contributed by atoms with E-state index in [9.17, 15) is 14.4 Å². The van der Waals surface area contributed by atoms with Gasteiger partial charge in [-0.2, -0.15) is 0 Å². The van der Waals surface area contributed by atoms with E-state index in [2.05, 4.69) is 54.5 Å². The molecule has 0 radical (unpaired) electrons. The highest BCUT2D eigenvalue weighted by Gasteiger charge is 2.71. The molecule has 0 N–H and O–H groups in total. The zero-order chi connectivity index (χ0) is 37.0. The molecule has 5 aliphatic carbocycles. The number of carbonyl (C=O) groups is 3. The zero-order valence-corrected chi connectivity index (χ0v) is 33.2. The molecule has 51 heavy (non-hydrogen) atoms. The topological polar surface area (TPSA) is 78.9 Å². The summed E-state index contributed by atoms with van der Waals surface area (Å²) in [5.74, 6) is 0.442. The van der Waals surface area contributed by atoms with Gasteiger partial charge in [0.15, 0.2) is 0 Å². The molecule has 0 aliphatic heterocycles. The lowest BCUT2D eigenvalue weighted by Gasteiger charge is -2.71. The molecule has 9 atom stereocenters. The van der Waals surface area contributed by atoms with Crippen LogP contribution in [0.5, 0.6) is 0 Å². The van der Waals surface area contributed by atoms with Gasteiger partial charge in [-0.1, -0.05) is 104 Å². The van der Waals surface area contributed by atoms with Crippen molar-refractivity contribution in [3.05, 3.63) is 47.5 Å². The number of carbonyl (C=O) groups excluding carboxylic acids is 3. The van der Waals surface area contributed by atoms with Gasteiger partial charge in [-0.05, 0) is 116 Å². The third-order valence-electron chi connectivity index (χ3n) is 15.6. The van der Waals surface area contributed by atoms with Crippen molar-refractivity contribution in [2.24, 2.45) is 50.2 Å². The van der Waals surface area contributed by atoms with Gasteiger partial charge >= 0.3 is 17.9 Å². The second kappa shape index (κ2) is 13.7. The number of rotatable bonds is 9. The Morgan fingerprint density at radius 2 is 1.41 bits per heavy atom. The number of benzene rings is 1. The quantitative estimate of drug-likeness (QED) is 0.145. The van der Waals surface area contributed by atoms with Crippen LogP contribution in [0.15, 0.2) is 42.0 Å². The molecular weight excluding hydrogens is 636 g/mol. The van der Waals surface area contributed by atoms with E-state index < -0.39 is 17.6 Å². The lowest BCUT2D eigenvalue weighted by molar-refractivity contribution is -0.245. The Morgan fingerprint density at radius 3 is 2.08 bits per heavy atom. The van der Waals surface area contributed by atoms with E-state index in [1.165, 1.54) is 5.57 Å². The van der Waals surface area contributed by atoms with Crippen LogP contribution in [0.25, 0.3) is 0 Å². The Labute approximate surface area is 308 Å². The van der Waals surface area contributed by atoms with Gasteiger partial charge in [0.2, 0.25) is 0 Å². The fourth-order valence-electron chi connectivity index (χ4n) is 12.7. The highest BCUT2D eigenvalue weighted by Crippen LogP contribution is 2.76. The van der Waals surface area contributed by atoms with Crippen LogP contribution >= 0.6 is 0 Å². The molecule has 4 fully saturated rings. The molecule has 5 aliphatic rings. The van der Waals surface area contributed by atoms with Crippen LogP contribution in [0.3, 0.4) is 0 Å². The van der Waals surface area contributed by atoms with Crippen LogP contribution in [-0.4, -0.2) is 30.1 Å². The summed E-state index contributed by atoms with van der Waals surface area (Å²) in [4.78, 5) is 40.5. The van der Waals surface area contributed by atoms with Crippen LogP contribution in [0.4, 0.5) is 0 Å². The van der Waals surface area contributed by atoms with Gasteiger partial charge < -0.3 is 14.2 Å². The Hall–Kier alpha value is -2.63. The highest BCUT2D eigenvalue weighted by molar-refractivity contribution is 5.79.